The van der Waals surface area contributed by atoms with Gasteiger partial charge in [0.1, 0.15) is 23.3 Å². The fourth-order valence-electron chi connectivity index (χ4n) is 2.27. The summed E-state index contributed by atoms with van der Waals surface area (Å²) in [6, 6.07) is 3.95. The van der Waals surface area contributed by atoms with Crippen molar-refractivity contribution in [2.45, 2.75) is 26.3 Å². The molecule has 3 rings (SSSR count). The zero-order valence-corrected chi connectivity index (χ0v) is 12.2. The van der Waals surface area contributed by atoms with Crippen LogP contribution in [0.3, 0.4) is 0 Å². The predicted octanol–water partition coefficient (Wildman–Crippen LogP) is 3.20. The molecule has 19 heavy (non-hydrogen) atoms. The van der Waals surface area contributed by atoms with Crippen molar-refractivity contribution in [1.29, 1.82) is 0 Å². The third kappa shape index (κ3) is 1.91. The smallest absolute Gasteiger partial charge is 0.144 e. The van der Waals surface area contributed by atoms with E-state index in [0.717, 1.165) is 22.3 Å². The SMILES string of the molecule is Cc1nc(Cl)c2cc3c(cc2n1)OCC(C)(C)N3C. The van der Waals surface area contributed by atoms with Crippen molar-refractivity contribution in [2.24, 2.45) is 0 Å². The Morgan fingerprint density at radius 2 is 2.05 bits per heavy atom. The summed E-state index contributed by atoms with van der Waals surface area (Å²) in [4.78, 5) is 10.8. The molecule has 1 aromatic heterocycles. The summed E-state index contributed by atoms with van der Waals surface area (Å²) in [5.74, 6) is 1.52. The number of hydrogen-bond acceptors (Lipinski definition) is 4. The molecule has 0 radical (unpaired) electrons. The lowest BCUT2D eigenvalue weighted by Crippen LogP contribution is -2.49. The summed E-state index contributed by atoms with van der Waals surface area (Å²) in [5.41, 5.74) is 1.81. The number of aryl methyl sites for hydroxylation is 1. The van der Waals surface area contributed by atoms with Crippen LogP contribution in [0.15, 0.2) is 12.1 Å². The normalized spacial score (nSPS) is 17.2. The molecular weight excluding hydrogens is 262 g/mol. The maximum atomic E-state index is 6.21. The molecule has 1 aliphatic rings. The molecule has 0 amide bonds. The van der Waals surface area contributed by atoms with Gasteiger partial charge < -0.3 is 9.64 Å². The summed E-state index contributed by atoms with van der Waals surface area (Å²) in [6.45, 7) is 6.78. The fourth-order valence-corrected chi connectivity index (χ4v) is 2.55. The summed E-state index contributed by atoms with van der Waals surface area (Å²) < 4.78 is 5.85. The van der Waals surface area contributed by atoms with Gasteiger partial charge in [0.25, 0.3) is 0 Å². The second-order valence-corrected chi connectivity index (χ2v) is 5.92. The minimum absolute atomic E-state index is 0.0429. The van der Waals surface area contributed by atoms with Gasteiger partial charge in [0.15, 0.2) is 0 Å². The number of hydrogen-bond donors (Lipinski definition) is 0. The van der Waals surface area contributed by atoms with E-state index in [2.05, 4.69) is 35.8 Å². The van der Waals surface area contributed by atoms with Gasteiger partial charge in [-0.25, -0.2) is 9.97 Å². The lowest BCUT2D eigenvalue weighted by Gasteiger charge is -2.42. The number of aromatic nitrogens is 2. The van der Waals surface area contributed by atoms with Crippen LogP contribution in [0.4, 0.5) is 5.69 Å². The van der Waals surface area contributed by atoms with Crippen LogP contribution in [0.1, 0.15) is 19.7 Å². The van der Waals surface area contributed by atoms with Gasteiger partial charge in [-0.1, -0.05) is 11.6 Å². The first-order valence-corrected chi connectivity index (χ1v) is 6.61. The number of fused-ring (bicyclic) bond motifs is 2. The standard InChI is InChI=1S/C14H16ClN3O/c1-8-16-10-6-12-11(5-9(10)13(15)17-8)18(4)14(2,3)7-19-12/h5-6H,7H2,1-4H3. The molecule has 1 aromatic carbocycles. The Morgan fingerprint density at radius 1 is 1.32 bits per heavy atom. The van der Waals surface area contributed by atoms with E-state index in [1.165, 1.54) is 0 Å². The largest absolute Gasteiger partial charge is 0.489 e. The van der Waals surface area contributed by atoms with Crippen LogP contribution in [0.2, 0.25) is 5.15 Å². The van der Waals surface area contributed by atoms with Gasteiger partial charge in [-0.05, 0) is 26.8 Å². The van der Waals surface area contributed by atoms with Crippen LogP contribution in [0.25, 0.3) is 10.9 Å². The molecule has 0 unspecified atom stereocenters. The lowest BCUT2D eigenvalue weighted by atomic mass is 10.0. The van der Waals surface area contributed by atoms with Gasteiger partial charge in [0.2, 0.25) is 0 Å². The minimum Gasteiger partial charge on any atom is -0.489 e. The van der Waals surface area contributed by atoms with Gasteiger partial charge in [-0.3, -0.25) is 0 Å². The van der Waals surface area contributed by atoms with E-state index in [0.29, 0.717) is 17.6 Å². The molecule has 0 N–H and O–H groups in total. The highest BCUT2D eigenvalue weighted by Gasteiger charge is 2.32. The molecule has 4 nitrogen and oxygen atoms in total. The van der Waals surface area contributed by atoms with E-state index in [-0.39, 0.29) is 5.54 Å². The van der Waals surface area contributed by atoms with Gasteiger partial charge in [0.05, 0.1) is 16.7 Å². The van der Waals surface area contributed by atoms with Crippen LogP contribution in [-0.4, -0.2) is 29.2 Å². The number of rotatable bonds is 0. The molecule has 2 aromatic rings. The Balaban J connectivity index is 2.27. The highest BCUT2D eigenvalue weighted by molar-refractivity contribution is 6.34. The number of ether oxygens (including phenoxy) is 1. The third-order valence-corrected chi connectivity index (χ3v) is 3.98. The number of likely N-dealkylation sites (N-methyl/N-ethyl adjacent to an activating group) is 1. The second kappa shape index (κ2) is 3.97. The van der Waals surface area contributed by atoms with E-state index < -0.39 is 0 Å². The molecule has 0 spiro atoms. The Morgan fingerprint density at radius 3 is 2.79 bits per heavy atom. The Labute approximate surface area is 117 Å². The van der Waals surface area contributed by atoms with Crippen molar-refractivity contribution in [3.05, 3.63) is 23.1 Å². The Hall–Kier alpha value is -1.55. The molecule has 1 aliphatic heterocycles. The highest BCUT2D eigenvalue weighted by atomic mass is 35.5. The van der Waals surface area contributed by atoms with Gasteiger partial charge >= 0.3 is 0 Å². The quantitative estimate of drug-likeness (QED) is 0.693. The second-order valence-electron chi connectivity index (χ2n) is 5.56. The molecule has 2 heterocycles. The van der Waals surface area contributed by atoms with Crippen molar-refractivity contribution < 1.29 is 4.74 Å². The van der Waals surface area contributed by atoms with Crippen molar-refractivity contribution in [2.75, 3.05) is 18.6 Å². The van der Waals surface area contributed by atoms with Crippen LogP contribution < -0.4 is 9.64 Å². The number of halogens is 1. The first kappa shape index (κ1) is 12.5. The van der Waals surface area contributed by atoms with Crippen molar-refractivity contribution in [3.8, 4) is 5.75 Å². The Bertz CT molecular complexity index is 669. The summed E-state index contributed by atoms with van der Waals surface area (Å²) in [7, 11) is 2.07. The van der Waals surface area contributed by atoms with Crippen molar-refractivity contribution >= 4 is 28.2 Å². The van der Waals surface area contributed by atoms with E-state index >= 15 is 0 Å². The number of benzene rings is 1. The summed E-state index contributed by atoms with van der Waals surface area (Å²) >= 11 is 6.21. The first-order valence-electron chi connectivity index (χ1n) is 6.23. The number of nitrogens with zero attached hydrogens (tertiary/aromatic N) is 3. The maximum Gasteiger partial charge on any atom is 0.144 e. The van der Waals surface area contributed by atoms with Crippen LogP contribution >= 0.6 is 11.6 Å². The summed E-state index contributed by atoms with van der Waals surface area (Å²) in [5, 5.41) is 1.35. The topological polar surface area (TPSA) is 38.3 Å². The van der Waals surface area contributed by atoms with E-state index in [9.17, 15) is 0 Å². The fraction of sp³-hybridized carbons (Fsp3) is 0.429. The molecule has 0 saturated heterocycles. The average Bonchev–Trinajstić information content (AvgIpc) is 2.33. The summed E-state index contributed by atoms with van der Waals surface area (Å²) in [6.07, 6.45) is 0. The molecule has 0 fully saturated rings. The van der Waals surface area contributed by atoms with Crippen molar-refractivity contribution in [1.82, 2.24) is 9.97 Å². The lowest BCUT2D eigenvalue weighted by molar-refractivity contribution is 0.218. The van der Waals surface area contributed by atoms with Crippen LogP contribution in [0.5, 0.6) is 5.75 Å². The van der Waals surface area contributed by atoms with Gasteiger partial charge in [0, 0.05) is 18.5 Å². The average molecular weight is 278 g/mol. The van der Waals surface area contributed by atoms with E-state index in [1.807, 2.05) is 19.1 Å². The zero-order chi connectivity index (χ0) is 13.8. The van der Waals surface area contributed by atoms with E-state index in [1.54, 1.807) is 0 Å². The van der Waals surface area contributed by atoms with E-state index in [4.69, 9.17) is 16.3 Å². The van der Waals surface area contributed by atoms with Crippen LogP contribution in [0, 0.1) is 6.92 Å². The number of anilines is 1. The van der Waals surface area contributed by atoms with Crippen LogP contribution in [-0.2, 0) is 0 Å². The molecular formula is C14H16ClN3O. The van der Waals surface area contributed by atoms with Gasteiger partial charge in [-0.2, -0.15) is 0 Å². The first-order chi connectivity index (χ1) is 8.88. The Kier molecular flexibility index (Phi) is 2.61. The third-order valence-electron chi connectivity index (χ3n) is 3.69. The van der Waals surface area contributed by atoms with Gasteiger partial charge in [-0.15, -0.1) is 0 Å². The zero-order valence-electron chi connectivity index (χ0n) is 11.5. The molecule has 0 atom stereocenters. The monoisotopic (exact) mass is 277 g/mol. The predicted molar refractivity (Wildman–Crippen MR) is 77.3 cm³/mol. The molecule has 0 bridgehead atoms. The molecule has 0 saturated carbocycles. The molecule has 100 valence electrons. The molecule has 0 aliphatic carbocycles. The molecule has 5 heteroatoms. The highest BCUT2D eigenvalue weighted by Crippen LogP contribution is 2.40. The van der Waals surface area contributed by atoms with Crippen molar-refractivity contribution in [3.63, 3.8) is 0 Å². The maximum absolute atomic E-state index is 6.21. The minimum atomic E-state index is -0.0429.